The number of benzene rings is 1. The van der Waals surface area contributed by atoms with E-state index in [9.17, 15) is 10.2 Å². The van der Waals surface area contributed by atoms with Crippen molar-refractivity contribution in [1.29, 1.82) is 0 Å². The summed E-state index contributed by atoms with van der Waals surface area (Å²) in [6.07, 6.45) is 2.04. The number of aliphatic hydroxyl groups is 2. The molecule has 2 aromatic heterocycles. The number of anilines is 1. The van der Waals surface area contributed by atoms with Crippen molar-refractivity contribution in [3.05, 3.63) is 52.9 Å². The van der Waals surface area contributed by atoms with Crippen molar-refractivity contribution in [3.63, 3.8) is 0 Å². The van der Waals surface area contributed by atoms with Crippen LogP contribution in [-0.4, -0.2) is 37.0 Å². The minimum atomic E-state index is -0.906. The van der Waals surface area contributed by atoms with Gasteiger partial charge in [0.15, 0.2) is 0 Å². The number of hydrogen-bond donors (Lipinski definition) is 3. The van der Waals surface area contributed by atoms with Crippen LogP contribution in [0.15, 0.2) is 36.8 Å². The lowest BCUT2D eigenvalue weighted by molar-refractivity contribution is 0.0179. The molecule has 25 heavy (non-hydrogen) atoms. The summed E-state index contributed by atoms with van der Waals surface area (Å²) in [7, 11) is 0. The number of aromatic nitrogens is 3. The molecular weight excluding hydrogens is 340 g/mol. The molecule has 2 heterocycles. The lowest BCUT2D eigenvalue weighted by Crippen LogP contribution is -2.28. The highest BCUT2D eigenvalue weighted by Gasteiger charge is 2.43. The van der Waals surface area contributed by atoms with Crippen LogP contribution in [0.1, 0.15) is 29.5 Å². The summed E-state index contributed by atoms with van der Waals surface area (Å²) < 4.78 is 1.87. The maximum atomic E-state index is 10.6. The first-order valence-corrected chi connectivity index (χ1v) is 8.53. The highest BCUT2D eigenvalue weighted by molar-refractivity contribution is 6.30. The molecule has 0 bridgehead atoms. The zero-order chi connectivity index (χ0) is 17.7. The SMILES string of the molecule is Cc1cc(Cl)cc([C@H]2C[C@@H](n3ccc4c(N)ncnc43)[C@H](O)[C@@H]2O)c1. The summed E-state index contributed by atoms with van der Waals surface area (Å²) in [6.45, 7) is 1.96. The average molecular weight is 359 g/mol. The Morgan fingerprint density at radius 3 is 2.76 bits per heavy atom. The fourth-order valence-electron chi connectivity index (χ4n) is 3.85. The zero-order valence-corrected chi connectivity index (χ0v) is 14.4. The highest BCUT2D eigenvalue weighted by atomic mass is 35.5. The summed E-state index contributed by atoms with van der Waals surface area (Å²) in [4.78, 5) is 8.28. The van der Waals surface area contributed by atoms with E-state index in [4.69, 9.17) is 17.3 Å². The molecule has 7 heteroatoms. The van der Waals surface area contributed by atoms with Crippen LogP contribution in [0, 0.1) is 6.92 Å². The molecule has 1 aliphatic rings. The molecule has 0 spiro atoms. The highest BCUT2D eigenvalue weighted by Crippen LogP contribution is 2.43. The third-order valence-electron chi connectivity index (χ3n) is 5.04. The van der Waals surface area contributed by atoms with Gasteiger partial charge >= 0.3 is 0 Å². The van der Waals surface area contributed by atoms with Crippen LogP contribution in [-0.2, 0) is 0 Å². The second kappa shape index (κ2) is 5.98. The molecule has 1 fully saturated rings. The molecule has 4 rings (SSSR count). The molecule has 1 aromatic carbocycles. The quantitative estimate of drug-likeness (QED) is 0.653. The van der Waals surface area contributed by atoms with Crippen molar-refractivity contribution in [2.45, 2.75) is 37.5 Å². The van der Waals surface area contributed by atoms with E-state index in [2.05, 4.69) is 9.97 Å². The van der Waals surface area contributed by atoms with Crippen molar-refractivity contribution >= 4 is 28.5 Å². The number of aryl methyl sites for hydroxylation is 1. The van der Waals surface area contributed by atoms with E-state index in [0.29, 0.717) is 22.9 Å². The average Bonchev–Trinajstić information content (AvgIpc) is 3.10. The summed E-state index contributed by atoms with van der Waals surface area (Å²) >= 11 is 6.16. The van der Waals surface area contributed by atoms with Gasteiger partial charge in [0.05, 0.1) is 17.5 Å². The predicted molar refractivity (Wildman–Crippen MR) is 96.5 cm³/mol. The van der Waals surface area contributed by atoms with E-state index in [1.54, 1.807) is 0 Å². The fourth-order valence-corrected chi connectivity index (χ4v) is 4.15. The van der Waals surface area contributed by atoms with Crippen molar-refractivity contribution in [2.24, 2.45) is 0 Å². The largest absolute Gasteiger partial charge is 0.390 e. The van der Waals surface area contributed by atoms with Crippen LogP contribution < -0.4 is 5.73 Å². The standard InChI is InChI=1S/C18H19ClN4O2/c1-9-4-10(6-11(19)5-9)13-7-14(16(25)15(13)24)23-3-2-12-17(20)21-8-22-18(12)23/h2-6,8,13-16,24-25H,7H2,1H3,(H2,20,21,22)/t13-,14-,15-,16+/m1/s1. The molecular formula is C18H19ClN4O2. The van der Waals surface area contributed by atoms with Gasteiger partial charge in [-0.2, -0.15) is 0 Å². The number of nitrogens with two attached hydrogens (primary N) is 1. The second-order valence-corrected chi connectivity index (χ2v) is 7.11. The summed E-state index contributed by atoms with van der Waals surface area (Å²) in [5.41, 5.74) is 8.51. The smallest absolute Gasteiger partial charge is 0.145 e. The maximum absolute atomic E-state index is 10.6. The zero-order valence-electron chi connectivity index (χ0n) is 13.7. The first-order valence-electron chi connectivity index (χ1n) is 8.16. The van der Waals surface area contributed by atoms with Crippen LogP contribution in [0.2, 0.25) is 5.02 Å². The fraction of sp³-hybridized carbons (Fsp3) is 0.333. The summed E-state index contributed by atoms with van der Waals surface area (Å²) in [5, 5.41) is 22.6. The van der Waals surface area contributed by atoms with Gasteiger partial charge in [0.1, 0.15) is 23.9 Å². The first kappa shape index (κ1) is 16.3. The Labute approximate surface area is 149 Å². The molecule has 0 saturated heterocycles. The molecule has 1 aliphatic carbocycles. The number of fused-ring (bicyclic) bond motifs is 1. The Balaban J connectivity index is 1.73. The predicted octanol–water partition coefficient (Wildman–Crippen LogP) is 2.43. The molecule has 6 nitrogen and oxygen atoms in total. The van der Waals surface area contributed by atoms with Gasteiger partial charge in [-0.25, -0.2) is 9.97 Å². The van der Waals surface area contributed by atoms with E-state index < -0.39 is 12.2 Å². The first-order chi connectivity index (χ1) is 12.0. The molecule has 3 aromatic rings. The Morgan fingerprint density at radius 2 is 2.00 bits per heavy atom. The second-order valence-electron chi connectivity index (χ2n) is 6.67. The van der Waals surface area contributed by atoms with Gasteiger partial charge in [0, 0.05) is 17.1 Å². The number of hydrogen-bond acceptors (Lipinski definition) is 5. The number of nitrogen functional groups attached to an aromatic ring is 1. The van der Waals surface area contributed by atoms with Crippen LogP contribution in [0.3, 0.4) is 0 Å². The summed E-state index contributed by atoms with van der Waals surface area (Å²) in [5.74, 6) is 0.202. The number of nitrogens with zero attached hydrogens (tertiary/aromatic N) is 3. The maximum Gasteiger partial charge on any atom is 0.145 e. The van der Waals surface area contributed by atoms with Gasteiger partial charge in [0.25, 0.3) is 0 Å². The van der Waals surface area contributed by atoms with E-state index >= 15 is 0 Å². The van der Waals surface area contributed by atoms with Crippen molar-refractivity contribution in [3.8, 4) is 0 Å². The molecule has 0 radical (unpaired) electrons. The monoisotopic (exact) mass is 358 g/mol. The van der Waals surface area contributed by atoms with E-state index in [1.165, 1.54) is 6.33 Å². The van der Waals surface area contributed by atoms with Gasteiger partial charge in [-0.3, -0.25) is 0 Å². The summed E-state index contributed by atoms with van der Waals surface area (Å²) in [6, 6.07) is 7.26. The Hall–Kier alpha value is -2.15. The lowest BCUT2D eigenvalue weighted by atomic mass is 9.94. The number of aliphatic hydroxyl groups excluding tert-OH is 2. The Kier molecular flexibility index (Phi) is 3.91. The Morgan fingerprint density at radius 1 is 1.20 bits per heavy atom. The number of rotatable bonds is 2. The van der Waals surface area contributed by atoms with Crippen molar-refractivity contribution in [1.82, 2.24) is 14.5 Å². The van der Waals surface area contributed by atoms with Crippen LogP contribution in [0.25, 0.3) is 11.0 Å². The van der Waals surface area contributed by atoms with Gasteiger partial charge in [-0.15, -0.1) is 0 Å². The van der Waals surface area contributed by atoms with E-state index in [0.717, 1.165) is 16.5 Å². The van der Waals surface area contributed by atoms with E-state index in [1.807, 2.05) is 42.0 Å². The van der Waals surface area contributed by atoms with Gasteiger partial charge in [-0.05, 0) is 42.7 Å². The molecule has 130 valence electrons. The molecule has 0 amide bonds. The number of halogens is 1. The minimum absolute atomic E-state index is 0.200. The van der Waals surface area contributed by atoms with Gasteiger partial charge in [0.2, 0.25) is 0 Å². The van der Waals surface area contributed by atoms with Gasteiger partial charge < -0.3 is 20.5 Å². The van der Waals surface area contributed by atoms with Crippen LogP contribution >= 0.6 is 11.6 Å². The Bertz CT molecular complexity index is 922. The topological polar surface area (TPSA) is 97.2 Å². The molecule has 1 saturated carbocycles. The minimum Gasteiger partial charge on any atom is -0.390 e. The molecule has 4 atom stereocenters. The van der Waals surface area contributed by atoms with Gasteiger partial charge in [-0.1, -0.05) is 17.7 Å². The third-order valence-corrected chi connectivity index (χ3v) is 5.26. The molecule has 0 aliphatic heterocycles. The normalized spacial score (nSPS) is 26.4. The van der Waals surface area contributed by atoms with Crippen molar-refractivity contribution < 1.29 is 10.2 Å². The lowest BCUT2D eigenvalue weighted by Gasteiger charge is -2.19. The van der Waals surface area contributed by atoms with Crippen LogP contribution in [0.4, 0.5) is 5.82 Å². The third kappa shape index (κ3) is 2.66. The van der Waals surface area contributed by atoms with E-state index in [-0.39, 0.29) is 12.0 Å². The molecule has 4 N–H and O–H groups in total. The van der Waals surface area contributed by atoms with Crippen molar-refractivity contribution in [2.75, 3.05) is 5.73 Å². The van der Waals surface area contributed by atoms with Crippen LogP contribution in [0.5, 0.6) is 0 Å². The molecule has 0 unspecified atom stereocenters.